The van der Waals surface area contributed by atoms with E-state index in [-0.39, 0.29) is 24.3 Å². The molecule has 2 unspecified atom stereocenters. The number of primary amides is 1. The zero-order valence-electron chi connectivity index (χ0n) is 14.2. The predicted octanol–water partition coefficient (Wildman–Crippen LogP) is 3.06. The molecule has 3 N–H and O–H groups in total. The van der Waals surface area contributed by atoms with Crippen LogP contribution in [0, 0.1) is 5.92 Å². The molecule has 2 atom stereocenters. The summed E-state index contributed by atoms with van der Waals surface area (Å²) in [6, 6.07) is 13.0. The summed E-state index contributed by atoms with van der Waals surface area (Å²) in [5.74, 6) is 0.383. The molecule has 1 fully saturated rings. The van der Waals surface area contributed by atoms with Gasteiger partial charge in [0.2, 0.25) is 5.91 Å². The fourth-order valence-corrected chi connectivity index (χ4v) is 3.08. The van der Waals surface area contributed by atoms with Crippen LogP contribution in [0.5, 0.6) is 11.5 Å². The maximum atomic E-state index is 12.5. The molecule has 0 spiro atoms. The molecule has 0 bridgehead atoms. The van der Waals surface area contributed by atoms with Crippen LogP contribution in [0.1, 0.15) is 17.9 Å². The Morgan fingerprint density at radius 1 is 1.19 bits per heavy atom. The molecular formula is C19H19BrN2O4. The van der Waals surface area contributed by atoms with E-state index in [4.69, 9.17) is 15.2 Å². The maximum absolute atomic E-state index is 12.5. The molecule has 0 heterocycles. The molecule has 0 saturated heterocycles. The normalized spacial score (nSPS) is 18.1. The van der Waals surface area contributed by atoms with E-state index in [2.05, 4.69) is 21.2 Å². The average Bonchev–Trinajstić information content (AvgIpc) is 3.41. The van der Waals surface area contributed by atoms with Gasteiger partial charge in [-0.1, -0.05) is 28.1 Å². The van der Waals surface area contributed by atoms with E-state index in [1.807, 2.05) is 24.3 Å². The van der Waals surface area contributed by atoms with Crippen LogP contribution in [0.3, 0.4) is 0 Å². The molecule has 1 aliphatic rings. The number of hydrogen-bond acceptors (Lipinski definition) is 4. The number of amides is 2. The quantitative estimate of drug-likeness (QED) is 0.722. The van der Waals surface area contributed by atoms with Crippen molar-refractivity contribution in [2.45, 2.75) is 12.3 Å². The van der Waals surface area contributed by atoms with E-state index in [0.717, 1.165) is 16.5 Å². The lowest BCUT2D eigenvalue weighted by Gasteiger charge is -2.12. The number of methoxy groups -OCH3 is 1. The summed E-state index contributed by atoms with van der Waals surface area (Å²) in [7, 11) is 1.50. The number of nitrogens with one attached hydrogen (secondary N) is 1. The Morgan fingerprint density at radius 3 is 2.58 bits per heavy atom. The van der Waals surface area contributed by atoms with E-state index >= 15 is 0 Å². The van der Waals surface area contributed by atoms with Gasteiger partial charge in [0.1, 0.15) is 0 Å². The van der Waals surface area contributed by atoms with Crippen LogP contribution in [0.4, 0.5) is 5.69 Å². The molecule has 2 amide bonds. The van der Waals surface area contributed by atoms with E-state index < -0.39 is 5.91 Å². The molecule has 0 aliphatic heterocycles. The highest BCUT2D eigenvalue weighted by Crippen LogP contribution is 2.48. The molecule has 0 aromatic heterocycles. The van der Waals surface area contributed by atoms with Crippen LogP contribution < -0.4 is 20.5 Å². The summed E-state index contributed by atoms with van der Waals surface area (Å²) < 4.78 is 11.5. The van der Waals surface area contributed by atoms with Gasteiger partial charge < -0.3 is 20.5 Å². The second-order valence-corrected chi connectivity index (χ2v) is 7.03. The molecule has 3 rings (SSSR count). The van der Waals surface area contributed by atoms with Gasteiger partial charge in [0.05, 0.1) is 7.11 Å². The summed E-state index contributed by atoms with van der Waals surface area (Å²) in [6.45, 7) is -0.262. The van der Waals surface area contributed by atoms with E-state index in [1.54, 1.807) is 18.2 Å². The fraction of sp³-hybridized carbons (Fsp3) is 0.263. The third-order valence-electron chi connectivity index (χ3n) is 4.23. The van der Waals surface area contributed by atoms with Crippen LogP contribution in [-0.2, 0) is 9.59 Å². The number of nitrogens with two attached hydrogens (primary N) is 1. The zero-order valence-corrected chi connectivity index (χ0v) is 15.8. The number of anilines is 1. The van der Waals surface area contributed by atoms with Gasteiger partial charge in [-0.3, -0.25) is 9.59 Å². The summed E-state index contributed by atoms with van der Waals surface area (Å²) in [4.78, 5) is 23.4. The largest absolute Gasteiger partial charge is 0.493 e. The molecule has 2 aromatic rings. The van der Waals surface area contributed by atoms with Gasteiger partial charge in [-0.05, 0) is 42.2 Å². The van der Waals surface area contributed by atoms with E-state index in [0.29, 0.717) is 17.2 Å². The SMILES string of the molecule is COc1ccc(NC(=O)C2CC2c2ccc(Br)cc2)cc1OCC(N)=O. The Morgan fingerprint density at radius 2 is 1.92 bits per heavy atom. The molecule has 26 heavy (non-hydrogen) atoms. The summed E-state index contributed by atoms with van der Waals surface area (Å²) in [6.07, 6.45) is 0.828. The van der Waals surface area contributed by atoms with Crippen molar-refractivity contribution in [1.82, 2.24) is 0 Å². The minimum absolute atomic E-state index is 0.0380. The molecular weight excluding hydrogens is 400 g/mol. The summed E-state index contributed by atoms with van der Waals surface area (Å²) in [5.41, 5.74) is 6.84. The number of hydrogen-bond donors (Lipinski definition) is 2. The Hall–Kier alpha value is -2.54. The van der Waals surface area contributed by atoms with Crippen molar-refractivity contribution in [2.24, 2.45) is 11.7 Å². The molecule has 1 saturated carbocycles. The van der Waals surface area contributed by atoms with Crippen LogP contribution in [0.15, 0.2) is 46.9 Å². The first-order valence-corrected chi connectivity index (χ1v) is 8.92. The molecule has 1 aliphatic carbocycles. The van der Waals surface area contributed by atoms with Crippen molar-refractivity contribution in [3.8, 4) is 11.5 Å². The van der Waals surface area contributed by atoms with Gasteiger partial charge >= 0.3 is 0 Å². The molecule has 6 nitrogen and oxygen atoms in total. The van der Waals surface area contributed by atoms with Crippen molar-refractivity contribution in [3.05, 3.63) is 52.5 Å². The van der Waals surface area contributed by atoms with E-state index in [1.165, 1.54) is 7.11 Å². The Bertz CT molecular complexity index is 823. The van der Waals surface area contributed by atoms with E-state index in [9.17, 15) is 9.59 Å². The number of carbonyl (C=O) groups is 2. The molecule has 136 valence electrons. The topological polar surface area (TPSA) is 90.7 Å². The smallest absolute Gasteiger partial charge is 0.255 e. The van der Waals surface area contributed by atoms with Crippen molar-refractivity contribution in [1.29, 1.82) is 0 Å². The number of rotatable bonds is 7. The van der Waals surface area contributed by atoms with Gasteiger partial charge in [-0.15, -0.1) is 0 Å². The second kappa shape index (κ2) is 7.78. The fourth-order valence-electron chi connectivity index (χ4n) is 2.81. The van der Waals surface area contributed by atoms with Crippen LogP contribution in [0.2, 0.25) is 0 Å². The lowest BCUT2D eigenvalue weighted by Crippen LogP contribution is -2.20. The third kappa shape index (κ3) is 4.35. The monoisotopic (exact) mass is 418 g/mol. The van der Waals surface area contributed by atoms with Crippen molar-refractivity contribution >= 4 is 33.4 Å². The third-order valence-corrected chi connectivity index (χ3v) is 4.76. The number of carbonyl (C=O) groups excluding carboxylic acids is 2. The Labute approximate surface area is 159 Å². The zero-order chi connectivity index (χ0) is 18.7. The average molecular weight is 419 g/mol. The number of halogens is 1. The lowest BCUT2D eigenvalue weighted by atomic mass is 10.1. The molecule has 2 aromatic carbocycles. The van der Waals surface area contributed by atoms with Gasteiger partial charge in [0.15, 0.2) is 18.1 Å². The lowest BCUT2D eigenvalue weighted by molar-refractivity contribution is -0.120. The number of benzene rings is 2. The first-order valence-electron chi connectivity index (χ1n) is 8.13. The highest BCUT2D eigenvalue weighted by atomic mass is 79.9. The predicted molar refractivity (Wildman–Crippen MR) is 101 cm³/mol. The van der Waals surface area contributed by atoms with Gasteiger partial charge in [-0.25, -0.2) is 0 Å². The van der Waals surface area contributed by atoms with Crippen molar-refractivity contribution < 1.29 is 19.1 Å². The molecule has 7 heteroatoms. The van der Waals surface area contributed by atoms with Crippen molar-refractivity contribution in [3.63, 3.8) is 0 Å². The highest BCUT2D eigenvalue weighted by Gasteiger charge is 2.43. The molecule has 0 radical (unpaired) electrons. The van der Waals surface area contributed by atoms with Gasteiger partial charge in [-0.2, -0.15) is 0 Å². The van der Waals surface area contributed by atoms with Crippen LogP contribution in [-0.4, -0.2) is 25.5 Å². The number of ether oxygens (including phenoxy) is 2. The van der Waals surface area contributed by atoms with Crippen LogP contribution >= 0.6 is 15.9 Å². The summed E-state index contributed by atoms with van der Waals surface area (Å²) >= 11 is 3.41. The minimum Gasteiger partial charge on any atom is -0.493 e. The van der Waals surface area contributed by atoms with Gasteiger partial charge in [0.25, 0.3) is 5.91 Å². The van der Waals surface area contributed by atoms with Gasteiger partial charge in [0, 0.05) is 22.1 Å². The highest BCUT2D eigenvalue weighted by molar-refractivity contribution is 9.10. The Balaban J connectivity index is 1.65. The standard InChI is InChI=1S/C19H19BrN2O4/c1-25-16-7-6-13(8-17(16)26-10-18(21)23)22-19(24)15-9-14(15)11-2-4-12(20)5-3-11/h2-8,14-15H,9-10H2,1H3,(H2,21,23)(H,22,24). The van der Waals surface area contributed by atoms with Crippen molar-refractivity contribution in [2.75, 3.05) is 19.0 Å². The second-order valence-electron chi connectivity index (χ2n) is 6.11. The first-order chi connectivity index (χ1) is 12.5. The first kappa shape index (κ1) is 18.3. The minimum atomic E-state index is -0.586. The Kier molecular flexibility index (Phi) is 5.46. The maximum Gasteiger partial charge on any atom is 0.255 e. The van der Waals surface area contributed by atoms with Crippen LogP contribution in [0.25, 0.3) is 0 Å². The summed E-state index contributed by atoms with van der Waals surface area (Å²) in [5, 5.41) is 2.89.